The summed E-state index contributed by atoms with van der Waals surface area (Å²) in [5.41, 5.74) is 4.46. The Bertz CT molecular complexity index is 288. The number of hydrogen-bond donors (Lipinski definition) is 2. The smallest absolute Gasteiger partial charge is 0.315 e. The topological polar surface area (TPSA) is 72.5 Å². The van der Waals surface area contributed by atoms with E-state index >= 15 is 0 Å². The van der Waals surface area contributed by atoms with E-state index in [2.05, 4.69) is 0 Å². The van der Waals surface area contributed by atoms with Gasteiger partial charge in [0, 0.05) is 6.04 Å². The Morgan fingerprint density at radius 2 is 1.78 bits per heavy atom. The zero-order valence-corrected chi connectivity index (χ0v) is 12.0. The molecule has 106 valence electrons. The van der Waals surface area contributed by atoms with Crippen LogP contribution in [-0.4, -0.2) is 28.8 Å². The third-order valence-corrected chi connectivity index (χ3v) is 3.62. The van der Waals surface area contributed by atoms with Gasteiger partial charge < -0.3 is 15.6 Å². The lowest BCUT2D eigenvalue weighted by molar-refractivity contribution is -0.179. The molecule has 0 aromatic carbocycles. The molecule has 1 rings (SSSR count). The first kappa shape index (κ1) is 15.4. The monoisotopic (exact) mass is 257 g/mol. The number of nitrogens with two attached hydrogens (primary N) is 1. The second-order valence-corrected chi connectivity index (χ2v) is 6.52. The first-order valence-corrected chi connectivity index (χ1v) is 6.86. The average Bonchev–Trinajstić information content (AvgIpc) is 2.26. The van der Waals surface area contributed by atoms with E-state index in [1.165, 1.54) is 0 Å². The second-order valence-electron chi connectivity index (χ2n) is 6.52. The molecule has 0 heterocycles. The SMILES string of the molecule is C[C@H](N)C(O)C1(C(=O)OC(C)(C)C)CCCCC1. The van der Waals surface area contributed by atoms with E-state index in [9.17, 15) is 9.90 Å². The zero-order chi connectivity index (χ0) is 14.0. The van der Waals surface area contributed by atoms with Gasteiger partial charge in [-0.25, -0.2) is 0 Å². The molecule has 1 aliphatic carbocycles. The van der Waals surface area contributed by atoms with Crippen LogP contribution >= 0.6 is 0 Å². The lowest BCUT2D eigenvalue weighted by atomic mass is 9.68. The van der Waals surface area contributed by atoms with Crippen molar-refractivity contribution in [2.45, 2.75) is 77.5 Å². The molecule has 0 aliphatic heterocycles. The van der Waals surface area contributed by atoms with Crippen LogP contribution in [0, 0.1) is 5.41 Å². The molecule has 1 unspecified atom stereocenters. The van der Waals surface area contributed by atoms with Crippen LogP contribution < -0.4 is 5.73 Å². The minimum absolute atomic E-state index is 0.292. The molecule has 0 saturated heterocycles. The Morgan fingerprint density at radius 1 is 1.28 bits per heavy atom. The van der Waals surface area contributed by atoms with E-state index in [-0.39, 0.29) is 5.97 Å². The van der Waals surface area contributed by atoms with Crippen LogP contribution in [-0.2, 0) is 9.53 Å². The summed E-state index contributed by atoms with van der Waals surface area (Å²) in [4.78, 5) is 12.4. The number of aliphatic hydroxyl groups is 1. The summed E-state index contributed by atoms with van der Waals surface area (Å²) in [6.45, 7) is 7.28. The fourth-order valence-electron chi connectivity index (χ4n) is 2.69. The Hall–Kier alpha value is -0.610. The van der Waals surface area contributed by atoms with Gasteiger partial charge in [-0.1, -0.05) is 19.3 Å². The second kappa shape index (κ2) is 5.57. The van der Waals surface area contributed by atoms with Crippen LogP contribution in [0.5, 0.6) is 0 Å². The van der Waals surface area contributed by atoms with E-state index in [1.807, 2.05) is 20.8 Å². The van der Waals surface area contributed by atoms with Gasteiger partial charge in [0.05, 0.1) is 11.5 Å². The number of ether oxygens (including phenoxy) is 1. The lowest BCUT2D eigenvalue weighted by Gasteiger charge is -2.41. The highest BCUT2D eigenvalue weighted by atomic mass is 16.6. The summed E-state index contributed by atoms with van der Waals surface area (Å²) < 4.78 is 5.50. The van der Waals surface area contributed by atoms with Crippen LogP contribution in [0.3, 0.4) is 0 Å². The van der Waals surface area contributed by atoms with Crippen molar-refractivity contribution in [3.8, 4) is 0 Å². The van der Waals surface area contributed by atoms with E-state index in [0.717, 1.165) is 19.3 Å². The van der Waals surface area contributed by atoms with Crippen molar-refractivity contribution in [3.63, 3.8) is 0 Å². The molecule has 1 aliphatic rings. The number of aliphatic hydroxyl groups excluding tert-OH is 1. The molecule has 1 saturated carbocycles. The Balaban J connectivity index is 2.93. The summed E-state index contributed by atoms with van der Waals surface area (Å²) in [5, 5.41) is 10.3. The summed E-state index contributed by atoms with van der Waals surface area (Å²) in [7, 11) is 0. The summed E-state index contributed by atoms with van der Waals surface area (Å²) >= 11 is 0. The molecule has 18 heavy (non-hydrogen) atoms. The third kappa shape index (κ3) is 3.45. The van der Waals surface area contributed by atoms with Crippen molar-refractivity contribution in [2.75, 3.05) is 0 Å². The normalized spacial score (nSPS) is 23.2. The minimum atomic E-state index is -0.826. The molecule has 0 bridgehead atoms. The molecule has 0 radical (unpaired) electrons. The van der Waals surface area contributed by atoms with Crippen molar-refractivity contribution < 1.29 is 14.6 Å². The van der Waals surface area contributed by atoms with E-state index in [0.29, 0.717) is 12.8 Å². The van der Waals surface area contributed by atoms with Crippen LogP contribution in [0.25, 0.3) is 0 Å². The van der Waals surface area contributed by atoms with Crippen molar-refractivity contribution in [2.24, 2.45) is 11.1 Å². The van der Waals surface area contributed by atoms with Gasteiger partial charge in [-0.05, 0) is 40.5 Å². The Kier molecular flexibility index (Phi) is 4.78. The number of rotatable bonds is 3. The first-order valence-electron chi connectivity index (χ1n) is 6.86. The van der Waals surface area contributed by atoms with Crippen LogP contribution in [0.1, 0.15) is 59.8 Å². The molecule has 0 aromatic rings. The fraction of sp³-hybridized carbons (Fsp3) is 0.929. The molecule has 0 amide bonds. The van der Waals surface area contributed by atoms with Crippen LogP contribution in [0.2, 0.25) is 0 Å². The molecular weight excluding hydrogens is 230 g/mol. The highest BCUT2D eigenvalue weighted by molar-refractivity contribution is 5.78. The van der Waals surface area contributed by atoms with Crippen LogP contribution in [0.15, 0.2) is 0 Å². The maximum absolute atomic E-state index is 12.4. The van der Waals surface area contributed by atoms with Gasteiger partial charge in [-0.2, -0.15) is 0 Å². The van der Waals surface area contributed by atoms with Crippen molar-refractivity contribution in [3.05, 3.63) is 0 Å². The summed E-state index contributed by atoms with van der Waals surface area (Å²) in [5.74, 6) is -0.292. The van der Waals surface area contributed by atoms with Gasteiger partial charge in [-0.15, -0.1) is 0 Å². The van der Waals surface area contributed by atoms with E-state index in [1.54, 1.807) is 6.92 Å². The number of esters is 1. The van der Waals surface area contributed by atoms with Crippen molar-refractivity contribution in [1.29, 1.82) is 0 Å². The molecule has 0 spiro atoms. The molecule has 3 N–H and O–H groups in total. The summed E-state index contributed by atoms with van der Waals surface area (Å²) in [6, 6.07) is -0.421. The maximum Gasteiger partial charge on any atom is 0.315 e. The number of hydrogen-bond acceptors (Lipinski definition) is 4. The predicted molar refractivity (Wildman–Crippen MR) is 71.0 cm³/mol. The van der Waals surface area contributed by atoms with Gasteiger partial charge in [0.2, 0.25) is 0 Å². The minimum Gasteiger partial charge on any atom is -0.459 e. The first-order chi connectivity index (χ1) is 8.19. The molecular formula is C14H27NO3. The van der Waals surface area contributed by atoms with Gasteiger partial charge >= 0.3 is 5.97 Å². The highest BCUT2D eigenvalue weighted by Gasteiger charge is 2.49. The fourth-order valence-corrected chi connectivity index (χ4v) is 2.69. The Morgan fingerprint density at radius 3 is 2.17 bits per heavy atom. The molecule has 1 fully saturated rings. The molecule has 2 atom stereocenters. The summed E-state index contributed by atoms with van der Waals surface area (Å²) in [6.07, 6.45) is 3.52. The predicted octanol–water partition coefficient (Wildman–Crippen LogP) is 1.99. The standard InChI is InChI=1S/C14H27NO3/c1-10(15)11(16)14(8-6-5-7-9-14)12(17)18-13(2,3)4/h10-11,16H,5-9,15H2,1-4H3/t10-,11?/m0/s1. The Labute approximate surface area is 110 Å². The molecule has 4 heteroatoms. The van der Waals surface area contributed by atoms with E-state index in [4.69, 9.17) is 10.5 Å². The van der Waals surface area contributed by atoms with Gasteiger partial charge in [0.15, 0.2) is 0 Å². The third-order valence-electron chi connectivity index (χ3n) is 3.62. The lowest BCUT2D eigenvalue weighted by Crippen LogP contribution is -2.53. The van der Waals surface area contributed by atoms with Crippen LogP contribution in [0.4, 0.5) is 0 Å². The zero-order valence-electron chi connectivity index (χ0n) is 12.0. The number of carbonyl (C=O) groups excluding carboxylic acids is 1. The van der Waals surface area contributed by atoms with Crippen molar-refractivity contribution in [1.82, 2.24) is 0 Å². The molecule has 0 aromatic heterocycles. The van der Waals surface area contributed by atoms with Crippen molar-refractivity contribution >= 4 is 5.97 Å². The quantitative estimate of drug-likeness (QED) is 0.758. The molecule has 4 nitrogen and oxygen atoms in total. The highest BCUT2D eigenvalue weighted by Crippen LogP contribution is 2.42. The average molecular weight is 257 g/mol. The maximum atomic E-state index is 12.4. The van der Waals surface area contributed by atoms with Gasteiger partial charge in [0.25, 0.3) is 0 Å². The van der Waals surface area contributed by atoms with Gasteiger partial charge in [0.1, 0.15) is 5.60 Å². The van der Waals surface area contributed by atoms with Gasteiger partial charge in [-0.3, -0.25) is 4.79 Å². The van der Waals surface area contributed by atoms with E-state index < -0.39 is 23.2 Å². The largest absolute Gasteiger partial charge is 0.459 e. The number of carbonyl (C=O) groups is 1.